The van der Waals surface area contributed by atoms with Crippen molar-refractivity contribution >= 4 is 5.82 Å². The molecule has 1 saturated carbocycles. The van der Waals surface area contributed by atoms with Crippen LogP contribution in [0.5, 0.6) is 0 Å². The summed E-state index contributed by atoms with van der Waals surface area (Å²) in [5.74, 6) is -0.443. The quantitative estimate of drug-likeness (QED) is 0.725. The summed E-state index contributed by atoms with van der Waals surface area (Å²) in [6, 6.07) is 5.00. The van der Waals surface area contributed by atoms with Crippen LogP contribution in [0.1, 0.15) is 19.3 Å². The summed E-state index contributed by atoms with van der Waals surface area (Å²) in [5.41, 5.74) is -0.122. The fourth-order valence-electron chi connectivity index (χ4n) is 5.02. The number of nitrogens with one attached hydrogen (secondary N) is 1. The Morgan fingerprint density at radius 2 is 1.80 bits per heavy atom. The maximum Gasteiger partial charge on any atom is 0.168 e. The second kappa shape index (κ2) is 8.15. The lowest BCUT2D eigenvalue weighted by atomic mass is 10.0. The van der Waals surface area contributed by atoms with Gasteiger partial charge in [-0.1, -0.05) is 0 Å². The molecule has 3 heterocycles. The van der Waals surface area contributed by atoms with Gasteiger partial charge in [0.25, 0.3) is 0 Å². The predicted octanol–water partition coefficient (Wildman–Crippen LogP) is 3.72. The monoisotopic (exact) mass is 418 g/mol. The minimum absolute atomic E-state index is 0.104. The first-order chi connectivity index (χ1) is 14.5. The molecule has 0 amide bonds. The van der Waals surface area contributed by atoms with Gasteiger partial charge >= 0.3 is 0 Å². The van der Waals surface area contributed by atoms with Gasteiger partial charge in [0.2, 0.25) is 0 Å². The summed E-state index contributed by atoms with van der Waals surface area (Å²) in [4.78, 5) is 2.59. The third-order valence-electron chi connectivity index (χ3n) is 6.67. The summed E-state index contributed by atoms with van der Waals surface area (Å²) in [5, 5.41) is 11.5. The highest BCUT2D eigenvalue weighted by atomic mass is 19.2. The van der Waals surface area contributed by atoms with Gasteiger partial charge in [-0.25, -0.2) is 13.2 Å². The molecule has 2 aromatic rings. The van der Waals surface area contributed by atoms with Gasteiger partial charge in [-0.2, -0.15) is 0 Å². The lowest BCUT2D eigenvalue weighted by Crippen LogP contribution is -2.33. The fourth-order valence-corrected chi connectivity index (χ4v) is 5.02. The number of fused-ring (bicyclic) bond motifs is 1. The van der Waals surface area contributed by atoms with E-state index in [1.54, 1.807) is 6.07 Å². The average molecular weight is 418 g/mol. The van der Waals surface area contributed by atoms with Gasteiger partial charge in [-0.3, -0.25) is 0 Å². The highest BCUT2D eigenvalue weighted by Crippen LogP contribution is 2.39. The molecule has 5 nitrogen and oxygen atoms in total. The molecular formula is C22H25F3N4O. The minimum Gasteiger partial charge on any atom is -0.381 e. The van der Waals surface area contributed by atoms with E-state index in [1.807, 2.05) is 0 Å². The van der Waals surface area contributed by atoms with E-state index in [-0.39, 0.29) is 11.3 Å². The third kappa shape index (κ3) is 4.03. The van der Waals surface area contributed by atoms with Crippen molar-refractivity contribution in [1.29, 1.82) is 0 Å². The van der Waals surface area contributed by atoms with Gasteiger partial charge in [0, 0.05) is 36.7 Å². The Labute approximate surface area is 173 Å². The van der Waals surface area contributed by atoms with Crippen molar-refractivity contribution in [2.75, 3.05) is 38.2 Å². The van der Waals surface area contributed by atoms with Crippen molar-refractivity contribution < 1.29 is 17.9 Å². The van der Waals surface area contributed by atoms with Gasteiger partial charge < -0.3 is 15.0 Å². The highest BCUT2D eigenvalue weighted by Gasteiger charge is 2.41. The van der Waals surface area contributed by atoms with E-state index in [9.17, 15) is 13.2 Å². The molecule has 0 bridgehead atoms. The Balaban J connectivity index is 1.15. The predicted molar refractivity (Wildman–Crippen MR) is 106 cm³/mol. The van der Waals surface area contributed by atoms with E-state index in [4.69, 9.17) is 4.74 Å². The van der Waals surface area contributed by atoms with E-state index < -0.39 is 17.5 Å². The number of nitrogens with zero attached hydrogens (tertiary/aromatic N) is 3. The molecule has 3 aliphatic rings. The Morgan fingerprint density at radius 3 is 2.43 bits per heavy atom. The fraction of sp³-hybridized carbons (Fsp3) is 0.545. The van der Waals surface area contributed by atoms with Crippen LogP contribution < -0.4 is 5.32 Å². The van der Waals surface area contributed by atoms with Crippen LogP contribution >= 0.6 is 0 Å². The van der Waals surface area contributed by atoms with Gasteiger partial charge in [0.05, 0.1) is 18.9 Å². The zero-order valence-electron chi connectivity index (χ0n) is 16.7. The number of benzene rings is 1. The topological polar surface area (TPSA) is 50.3 Å². The molecule has 0 unspecified atom stereocenters. The van der Waals surface area contributed by atoms with Gasteiger partial charge in [-0.15, -0.1) is 10.2 Å². The molecule has 8 heteroatoms. The number of anilines is 1. The summed E-state index contributed by atoms with van der Waals surface area (Å²) in [7, 11) is 0. The van der Waals surface area contributed by atoms with Crippen molar-refractivity contribution in [1.82, 2.24) is 15.1 Å². The van der Waals surface area contributed by atoms with E-state index in [0.29, 0.717) is 29.8 Å². The standard InChI is InChI=1S/C22H25F3N4O/c23-16-7-18(22(25)19(24)8-16)20-1-2-21(28-27-20)26-17-5-14-9-29(10-15(14)6-17)4-3-13-11-30-12-13/h1-2,7-8,13-15,17H,3-6,9-12H2,(H,26,28)/t14-,15+,17-. The van der Waals surface area contributed by atoms with Crippen LogP contribution in [0.25, 0.3) is 11.3 Å². The van der Waals surface area contributed by atoms with Crippen molar-refractivity contribution in [2.24, 2.45) is 17.8 Å². The largest absolute Gasteiger partial charge is 0.381 e. The molecule has 2 saturated heterocycles. The van der Waals surface area contributed by atoms with Crippen LogP contribution in [0.15, 0.2) is 24.3 Å². The smallest absolute Gasteiger partial charge is 0.168 e. The number of ether oxygens (including phenoxy) is 1. The maximum absolute atomic E-state index is 13.9. The van der Waals surface area contributed by atoms with Crippen LogP contribution in [0.3, 0.4) is 0 Å². The molecule has 160 valence electrons. The van der Waals surface area contributed by atoms with Crippen LogP contribution in [-0.2, 0) is 4.74 Å². The Bertz CT molecular complexity index is 892. The summed E-state index contributed by atoms with van der Waals surface area (Å²) in [6.07, 6.45) is 3.43. The third-order valence-corrected chi connectivity index (χ3v) is 6.67. The number of hydrogen-bond donors (Lipinski definition) is 1. The molecule has 5 rings (SSSR count). The maximum atomic E-state index is 13.9. The summed E-state index contributed by atoms with van der Waals surface area (Å²) in [6.45, 7) is 5.33. The first-order valence-corrected chi connectivity index (χ1v) is 10.6. The van der Waals surface area contributed by atoms with Gasteiger partial charge in [-0.05, 0) is 55.8 Å². The molecule has 1 aromatic carbocycles. The summed E-state index contributed by atoms with van der Waals surface area (Å²) >= 11 is 0. The number of halogens is 3. The molecule has 2 aliphatic heterocycles. The van der Waals surface area contributed by atoms with E-state index >= 15 is 0 Å². The molecule has 3 atom stereocenters. The number of aromatic nitrogens is 2. The zero-order valence-corrected chi connectivity index (χ0v) is 16.7. The van der Waals surface area contributed by atoms with Crippen LogP contribution in [0.4, 0.5) is 19.0 Å². The van der Waals surface area contributed by atoms with E-state index in [0.717, 1.165) is 51.1 Å². The van der Waals surface area contributed by atoms with E-state index in [2.05, 4.69) is 20.4 Å². The number of likely N-dealkylation sites (tertiary alicyclic amines) is 1. The first kappa shape index (κ1) is 19.8. The Kier molecular flexibility index (Phi) is 5.37. The normalized spacial score (nSPS) is 26.6. The SMILES string of the molecule is Fc1cc(F)c(F)c(-c2ccc(N[C@@H]3C[C@@H]4CN(CCC5COC5)C[C@@H]4C3)nn2)c1. The van der Waals surface area contributed by atoms with Crippen molar-refractivity contribution in [3.8, 4) is 11.3 Å². The first-order valence-electron chi connectivity index (χ1n) is 10.6. The Hall–Kier alpha value is -2.19. The molecule has 3 fully saturated rings. The molecule has 1 aromatic heterocycles. The lowest BCUT2D eigenvalue weighted by Gasteiger charge is -2.28. The van der Waals surface area contributed by atoms with Crippen LogP contribution in [-0.4, -0.2) is 54.0 Å². The second-order valence-corrected chi connectivity index (χ2v) is 8.84. The summed E-state index contributed by atoms with van der Waals surface area (Å²) < 4.78 is 46.1. The van der Waals surface area contributed by atoms with Crippen molar-refractivity contribution in [3.63, 3.8) is 0 Å². The molecule has 30 heavy (non-hydrogen) atoms. The lowest BCUT2D eigenvalue weighted by molar-refractivity contribution is -0.0385. The average Bonchev–Trinajstić information content (AvgIpc) is 3.22. The zero-order chi connectivity index (χ0) is 20.7. The van der Waals surface area contributed by atoms with Crippen molar-refractivity contribution in [2.45, 2.75) is 25.3 Å². The molecule has 1 aliphatic carbocycles. The Morgan fingerprint density at radius 1 is 1.03 bits per heavy atom. The molecule has 0 radical (unpaired) electrons. The second-order valence-electron chi connectivity index (χ2n) is 8.84. The van der Waals surface area contributed by atoms with Gasteiger partial charge in [0.15, 0.2) is 11.6 Å². The minimum atomic E-state index is -1.23. The van der Waals surface area contributed by atoms with E-state index in [1.165, 1.54) is 19.0 Å². The molecular weight excluding hydrogens is 393 g/mol. The number of hydrogen-bond acceptors (Lipinski definition) is 5. The van der Waals surface area contributed by atoms with Crippen LogP contribution in [0.2, 0.25) is 0 Å². The van der Waals surface area contributed by atoms with Crippen molar-refractivity contribution in [3.05, 3.63) is 41.7 Å². The van der Waals surface area contributed by atoms with Gasteiger partial charge in [0.1, 0.15) is 11.6 Å². The van der Waals surface area contributed by atoms with Crippen LogP contribution in [0, 0.1) is 35.2 Å². The molecule has 1 N–H and O–H groups in total. The molecule has 0 spiro atoms. The highest BCUT2D eigenvalue weighted by molar-refractivity contribution is 5.60. The number of rotatable bonds is 6.